The van der Waals surface area contributed by atoms with Gasteiger partial charge in [0.2, 0.25) is 5.91 Å². The number of benzene rings is 1. The van der Waals surface area contributed by atoms with E-state index in [1.165, 1.54) is 4.68 Å². The smallest absolute Gasteiger partial charge is 0.313 e. The van der Waals surface area contributed by atoms with Crippen LogP contribution in [0.2, 0.25) is 0 Å². The van der Waals surface area contributed by atoms with Crippen molar-refractivity contribution in [2.24, 2.45) is 0 Å². The van der Waals surface area contributed by atoms with Crippen LogP contribution in [0.1, 0.15) is 37.2 Å². The van der Waals surface area contributed by atoms with Crippen molar-refractivity contribution in [2.75, 3.05) is 5.32 Å². The van der Waals surface area contributed by atoms with E-state index in [4.69, 9.17) is 0 Å². The maximum Gasteiger partial charge on any atom is 0.313 e. The number of carbonyl (C=O) groups excluding carboxylic acids is 1. The third kappa shape index (κ3) is 4.30. The molecule has 144 valence electrons. The fourth-order valence-corrected chi connectivity index (χ4v) is 2.69. The van der Waals surface area contributed by atoms with Crippen LogP contribution in [-0.4, -0.2) is 31.7 Å². The zero-order chi connectivity index (χ0) is 20.4. The Morgan fingerprint density at radius 1 is 1.26 bits per heavy atom. The topological polar surface area (TPSA) is 127 Å². The van der Waals surface area contributed by atoms with Crippen molar-refractivity contribution < 1.29 is 19.6 Å². The third-order valence-corrected chi connectivity index (χ3v) is 4.50. The van der Waals surface area contributed by atoms with Crippen molar-refractivity contribution in [3.05, 3.63) is 51.3 Å². The molecule has 0 fully saturated rings. The summed E-state index contributed by atoms with van der Waals surface area (Å²) >= 11 is 0. The van der Waals surface area contributed by atoms with E-state index in [9.17, 15) is 24.8 Å². The highest BCUT2D eigenvalue weighted by Crippen LogP contribution is 2.25. The summed E-state index contributed by atoms with van der Waals surface area (Å²) in [5, 5.41) is 27.1. The first-order valence-electron chi connectivity index (χ1n) is 8.36. The minimum absolute atomic E-state index is 0.0351. The summed E-state index contributed by atoms with van der Waals surface area (Å²) in [4.78, 5) is 33.9. The van der Waals surface area contributed by atoms with Crippen molar-refractivity contribution in [3.8, 4) is 0 Å². The van der Waals surface area contributed by atoms with Crippen LogP contribution in [0.4, 0.5) is 11.4 Å². The molecule has 0 saturated carbocycles. The quantitative estimate of drug-likeness (QED) is 0.566. The average Bonchev–Trinajstić information content (AvgIpc) is 2.87. The Morgan fingerprint density at radius 2 is 1.85 bits per heavy atom. The van der Waals surface area contributed by atoms with E-state index in [2.05, 4.69) is 10.4 Å². The largest absolute Gasteiger partial charge is 0.481 e. The highest BCUT2D eigenvalue weighted by molar-refractivity contribution is 5.90. The molecular weight excluding hydrogens is 352 g/mol. The second kappa shape index (κ2) is 7.56. The number of aryl methyl sites for hydroxylation is 2. The zero-order valence-electron chi connectivity index (χ0n) is 15.6. The summed E-state index contributed by atoms with van der Waals surface area (Å²) in [7, 11) is 0. The Balaban J connectivity index is 2.00. The number of anilines is 1. The van der Waals surface area contributed by atoms with Gasteiger partial charge in [0.05, 0.1) is 16.9 Å². The lowest BCUT2D eigenvalue weighted by Gasteiger charge is -2.19. The number of rotatable bonds is 7. The number of carbonyl (C=O) groups is 2. The van der Waals surface area contributed by atoms with E-state index < -0.39 is 16.3 Å². The second-order valence-corrected chi connectivity index (χ2v) is 6.81. The van der Waals surface area contributed by atoms with Gasteiger partial charge in [-0.15, -0.1) is 0 Å². The minimum atomic E-state index is -1.02. The first kappa shape index (κ1) is 20.1. The van der Waals surface area contributed by atoms with Gasteiger partial charge in [-0.1, -0.05) is 12.1 Å². The van der Waals surface area contributed by atoms with E-state index >= 15 is 0 Å². The Kier molecular flexibility index (Phi) is 5.63. The Morgan fingerprint density at radius 3 is 2.33 bits per heavy atom. The number of aliphatic carboxylic acids is 1. The predicted molar refractivity (Wildman–Crippen MR) is 98.7 cm³/mol. The standard InChI is InChI=1S/C18H22N4O5/c1-11-16(22(26)27)12(2)21(20-11)10-9-15(23)19-14-7-5-13(6-8-14)18(3,4)17(24)25/h5-8H,9-10H2,1-4H3,(H,19,23)(H,24,25). The van der Waals surface area contributed by atoms with Crippen LogP contribution in [-0.2, 0) is 21.5 Å². The number of nitrogens with one attached hydrogen (secondary N) is 1. The molecule has 2 aromatic rings. The molecular formula is C18H22N4O5. The SMILES string of the molecule is Cc1nn(CCC(=O)Nc2ccc(C(C)(C)C(=O)O)cc2)c(C)c1[N+](=O)[O-]. The number of hydrogen-bond acceptors (Lipinski definition) is 5. The molecule has 1 aromatic heterocycles. The molecule has 27 heavy (non-hydrogen) atoms. The highest BCUT2D eigenvalue weighted by atomic mass is 16.6. The molecule has 0 spiro atoms. The number of amides is 1. The molecule has 2 rings (SSSR count). The number of nitrogens with zero attached hydrogens (tertiary/aromatic N) is 3. The molecule has 9 nitrogen and oxygen atoms in total. The van der Waals surface area contributed by atoms with Gasteiger partial charge in [-0.3, -0.25) is 24.4 Å². The minimum Gasteiger partial charge on any atom is -0.481 e. The lowest BCUT2D eigenvalue weighted by atomic mass is 9.85. The Labute approximate surface area is 156 Å². The first-order chi connectivity index (χ1) is 12.5. The van der Waals surface area contributed by atoms with Gasteiger partial charge in [-0.05, 0) is 45.4 Å². The van der Waals surface area contributed by atoms with E-state index in [-0.39, 0.29) is 24.6 Å². The molecule has 0 radical (unpaired) electrons. The maximum absolute atomic E-state index is 12.1. The van der Waals surface area contributed by atoms with Crippen molar-refractivity contribution in [1.29, 1.82) is 0 Å². The zero-order valence-corrected chi connectivity index (χ0v) is 15.6. The van der Waals surface area contributed by atoms with Crippen molar-refractivity contribution in [1.82, 2.24) is 9.78 Å². The van der Waals surface area contributed by atoms with Crippen molar-refractivity contribution in [3.63, 3.8) is 0 Å². The summed E-state index contributed by atoms with van der Waals surface area (Å²) in [6, 6.07) is 6.61. The van der Waals surface area contributed by atoms with Gasteiger partial charge in [0, 0.05) is 12.1 Å². The fourth-order valence-electron chi connectivity index (χ4n) is 2.69. The molecule has 0 aliphatic carbocycles. The lowest BCUT2D eigenvalue weighted by molar-refractivity contribution is -0.386. The third-order valence-electron chi connectivity index (χ3n) is 4.50. The van der Waals surface area contributed by atoms with Gasteiger partial charge in [-0.2, -0.15) is 5.10 Å². The van der Waals surface area contributed by atoms with Gasteiger partial charge in [-0.25, -0.2) is 0 Å². The van der Waals surface area contributed by atoms with Crippen LogP contribution < -0.4 is 5.32 Å². The van der Waals surface area contributed by atoms with Gasteiger partial charge < -0.3 is 10.4 Å². The van der Waals surface area contributed by atoms with Crippen molar-refractivity contribution >= 4 is 23.3 Å². The van der Waals surface area contributed by atoms with Gasteiger partial charge in [0.1, 0.15) is 11.4 Å². The Hall–Kier alpha value is -3.23. The summed E-state index contributed by atoms with van der Waals surface area (Å²) in [6.07, 6.45) is 0.0987. The highest BCUT2D eigenvalue weighted by Gasteiger charge is 2.29. The van der Waals surface area contributed by atoms with Gasteiger partial charge in [0.15, 0.2) is 0 Å². The van der Waals surface area contributed by atoms with Crippen LogP contribution in [0, 0.1) is 24.0 Å². The molecule has 0 aliphatic heterocycles. The van der Waals surface area contributed by atoms with Crippen LogP contribution >= 0.6 is 0 Å². The van der Waals surface area contributed by atoms with Crippen LogP contribution in [0.3, 0.4) is 0 Å². The molecule has 1 aromatic carbocycles. The number of hydrogen-bond donors (Lipinski definition) is 2. The molecule has 0 aliphatic rings. The molecule has 2 N–H and O–H groups in total. The molecule has 9 heteroatoms. The summed E-state index contributed by atoms with van der Waals surface area (Å²) in [6.45, 7) is 6.59. The molecule has 0 atom stereocenters. The van der Waals surface area contributed by atoms with E-state index in [0.29, 0.717) is 22.6 Å². The van der Waals surface area contributed by atoms with E-state index in [0.717, 1.165) is 0 Å². The maximum atomic E-state index is 12.1. The molecule has 1 heterocycles. The second-order valence-electron chi connectivity index (χ2n) is 6.81. The predicted octanol–water partition coefficient (Wildman–Crippen LogP) is 2.80. The first-order valence-corrected chi connectivity index (χ1v) is 8.36. The number of carboxylic acid groups (broad SMARTS) is 1. The van der Waals surface area contributed by atoms with E-state index in [1.807, 2.05) is 0 Å². The molecule has 0 unspecified atom stereocenters. The summed E-state index contributed by atoms with van der Waals surface area (Å²) < 4.78 is 1.45. The van der Waals surface area contributed by atoms with Crippen molar-refractivity contribution in [2.45, 2.75) is 46.1 Å². The molecule has 1 amide bonds. The van der Waals surface area contributed by atoms with Crippen LogP contribution in [0.5, 0.6) is 0 Å². The number of aromatic nitrogens is 2. The fraction of sp³-hybridized carbons (Fsp3) is 0.389. The summed E-state index contributed by atoms with van der Waals surface area (Å²) in [5.74, 6) is -1.20. The van der Waals surface area contributed by atoms with E-state index in [1.54, 1.807) is 52.0 Å². The monoisotopic (exact) mass is 374 g/mol. The van der Waals surface area contributed by atoms with Crippen LogP contribution in [0.15, 0.2) is 24.3 Å². The number of carboxylic acids is 1. The van der Waals surface area contributed by atoms with Gasteiger partial charge in [0.25, 0.3) is 0 Å². The van der Waals surface area contributed by atoms with Gasteiger partial charge >= 0.3 is 11.7 Å². The van der Waals surface area contributed by atoms with Crippen LogP contribution in [0.25, 0.3) is 0 Å². The normalized spacial score (nSPS) is 11.3. The molecule has 0 saturated heterocycles. The Bertz CT molecular complexity index is 884. The lowest BCUT2D eigenvalue weighted by Crippen LogP contribution is -2.28. The number of nitro groups is 1. The summed E-state index contributed by atoms with van der Waals surface area (Å²) in [5.41, 5.74) is 0.839. The average molecular weight is 374 g/mol. The molecule has 0 bridgehead atoms.